The standard InChI is InChI=1S/C17H20FNO2/c1-13(14-3-5-15(18)6-4-14)19-16-7-9-17(10-8-16)21-12-11-20-2/h3-10,13,19H,11-12H2,1-2H3. The molecule has 0 aliphatic carbocycles. The molecule has 0 radical (unpaired) electrons. The van der Waals surface area contributed by atoms with Gasteiger partial charge in [0, 0.05) is 18.8 Å². The predicted molar refractivity (Wildman–Crippen MR) is 82.3 cm³/mol. The molecule has 0 aliphatic rings. The van der Waals surface area contributed by atoms with Gasteiger partial charge in [-0.25, -0.2) is 4.39 Å². The molecule has 0 amide bonds. The molecule has 112 valence electrons. The number of hydrogen-bond donors (Lipinski definition) is 1. The molecule has 2 aromatic carbocycles. The number of rotatable bonds is 7. The van der Waals surface area contributed by atoms with E-state index < -0.39 is 0 Å². The molecule has 21 heavy (non-hydrogen) atoms. The van der Waals surface area contributed by atoms with Crippen LogP contribution in [0.2, 0.25) is 0 Å². The fraction of sp³-hybridized carbons (Fsp3) is 0.294. The second-order valence-electron chi connectivity index (χ2n) is 4.78. The van der Waals surface area contributed by atoms with Gasteiger partial charge in [0.15, 0.2) is 0 Å². The minimum Gasteiger partial charge on any atom is -0.491 e. The topological polar surface area (TPSA) is 30.5 Å². The van der Waals surface area contributed by atoms with E-state index in [1.54, 1.807) is 19.2 Å². The number of nitrogens with one attached hydrogen (secondary N) is 1. The normalized spacial score (nSPS) is 12.0. The van der Waals surface area contributed by atoms with E-state index in [-0.39, 0.29) is 11.9 Å². The van der Waals surface area contributed by atoms with Crippen molar-refractivity contribution in [3.05, 3.63) is 59.9 Å². The third-order valence-corrected chi connectivity index (χ3v) is 3.16. The van der Waals surface area contributed by atoms with Gasteiger partial charge in [0.05, 0.1) is 6.61 Å². The molecule has 0 saturated carbocycles. The van der Waals surface area contributed by atoms with Gasteiger partial charge in [0.2, 0.25) is 0 Å². The van der Waals surface area contributed by atoms with E-state index in [1.165, 1.54) is 12.1 Å². The largest absolute Gasteiger partial charge is 0.491 e. The zero-order chi connectivity index (χ0) is 15.1. The summed E-state index contributed by atoms with van der Waals surface area (Å²) in [7, 11) is 1.65. The van der Waals surface area contributed by atoms with Crippen molar-refractivity contribution in [2.24, 2.45) is 0 Å². The zero-order valence-electron chi connectivity index (χ0n) is 12.3. The Hall–Kier alpha value is -2.07. The highest BCUT2D eigenvalue weighted by atomic mass is 19.1. The SMILES string of the molecule is COCCOc1ccc(NC(C)c2ccc(F)cc2)cc1. The van der Waals surface area contributed by atoms with E-state index >= 15 is 0 Å². The van der Waals surface area contributed by atoms with E-state index in [2.05, 4.69) is 5.32 Å². The lowest BCUT2D eigenvalue weighted by atomic mass is 10.1. The van der Waals surface area contributed by atoms with E-state index in [0.717, 1.165) is 17.0 Å². The van der Waals surface area contributed by atoms with Crippen molar-refractivity contribution >= 4 is 5.69 Å². The Morgan fingerprint density at radius 1 is 1.00 bits per heavy atom. The van der Waals surface area contributed by atoms with Gasteiger partial charge in [-0.2, -0.15) is 0 Å². The van der Waals surface area contributed by atoms with Crippen molar-refractivity contribution in [3.63, 3.8) is 0 Å². The summed E-state index contributed by atoms with van der Waals surface area (Å²) in [6.45, 7) is 3.15. The van der Waals surface area contributed by atoms with Crippen LogP contribution < -0.4 is 10.1 Å². The van der Waals surface area contributed by atoms with Crippen LogP contribution in [0.1, 0.15) is 18.5 Å². The highest BCUT2D eigenvalue weighted by Gasteiger charge is 2.05. The Balaban J connectivity index is 1.91. The molecular weight excluding hydrogens is 269 g/mol. The Labute approximate surface area is 124 Å². The molecule has 2 aromatic rings. The van der Waals surface area contributed by atoms with Gasteiger partial charge in [-0.15, -0.1) is 0 Å². The first kappa shape index (κ1) is 15.3. The average Bonchev–Trinajstić information content (AvgIpc) is 2.50. The molecule has 3 nitrogen and oxygen atoms in total. The van der Waals surface area contributed by atoms with Crippen molar-refractivity contribution in [1.29, 1.82) is 0 Å². The maximum atomic E-state index is 12.9. The molecule has 2 rings (SSSR count). The first-order valence-electron chi connectivity index (χ1n) is 6.93. The van der Waals surface area contributed by atoms with Crippen molar-refractivity contribution in [1.82, 2.24) is 0 Å². The van der Waals surface area contributed by atoms with Crippen LogP contribution in [-0.2, 0) is 4.74 Å². The lowest BCUT2D eigenvalue weighted by Gasteiger charge is -2.16. The van der Waals surface area contributed by atoms with Crippen LogP contribution in [0.3, 0.4) is 0 Å². The highest BCUT2D eigenvalue weighted by molar-refractivity contribution is 5.48. The van der Waals surface area contributed by atoms with Crippen molar-refractivity contribution in [3.8, 4) is 5.75 Å². The minimum atomic E-state index is -0.219. The van der Waals surface area contributed by atoms with Gasteiger partial charge in [-0.1, -0.05) is 12.1 Å². The summed E-state index contributed by atoms with van der Waals surface area (Å²) in [5.41, 5.74) is 2.03. The first-order chi connectivity index (χ1) is 10.2. The minimum absolute atomic E-state index is 0.103. The van der Waals surface area contributed by atoms with Gasteiger partial charge in [-0.05, 0) is 48.9 Å². The monoisotopic (exact) mass is 289 g/mol. The quantitative estimate of drug-likeness (QED) is 0.781. The van der Waals surface area contributed by atoms with Gasteiger partial charge < -0.3 is 14.8 Å². The van der Waals surface area contributed by atoms with Gasteiger partial charge >= 0.3 is 0 Å². The number of ether oxygens (including phenoxy) is 2. The van der Waals surface area contributed by atoms with Gasteiger partial charge in [0.1, 0.15) is 18.2 Å². The number of methoxy groups -OCH3 is 1. The summed E-state index contributed by atoms with van der Waals surface area (Å²) < 4.78 is 23.3. The summed E-state index contributed by atoms with van der Waals surface area (Å²) in [6.07, 6.45) is 0. The van der Waals surface area contributed by atoms with Crippen LogP contribution in [0.25, 0.3) is 0 Å². The maximum absolute atomic E-state index is 12.9. The van der Waals surface area contributed by atoms with Crippen LogP contribution in [-0.4, -0.2) is 20.3 Å². The molecule has 4 heteroatoms. The summed E-state index contributed by atoms with van der Waals surface area (Å²) in [5.74, 6) is 0.593. The lowest BCUT2D eigenvalue weighted by molar-refractivity contribution is 0.146. The number of anilines is 1. The predicted octanol–water partition coefficient (Wildman–Crippen LogP) is 4.02. The van der Waals surface area contributed by atoms with Crippen LogP contribution in [0.15, 0.2) is 48.5 Å². The second kappa shape index (κ2) is 7.64. The van der Waals surface area contributed by atoms with E-state index in [9.17, 15) is 4.39 Å². The average molecular weight is 289 g/mol. The molecular formula is C17H20FNO2. The van der Waals surface area contributed by atoms with Crippen LogP contribution in [0.4, 0.5) is 10.1 Å². The van der Waals surface area contributed by atoms with Crippen LogP contribution >= 0.6 is 0 Å². The van der Waals surface area contributed by atoms with Gasteiger partial charge in [0.25, 0.3) is 0 Å². The zero-order valence-corrected chi connectivity index (χ0v) is 12.3. The first-order valence-corrected chi connectivity index (χ1v) is 6.93. The van der Waals surface area contributed by atoms with E-state index in [4.69, 9.17) is 9.47 Å². The molecule has 1 unspecified atom stereocenters. The molecule has 0 saturated heterocycles. The van der Waals surface area contributed by atoms with Crippen molar-refractivity contribution in [2.45, 2.75) is 13.0 Å². The smallest absolute Gasteiger partial charge is 0.123 e. The molecule has 0 heterocycles. The second-order valence-corrected chi connectivity index (χ2v) is 4.78. The third-order valence-electron chi connectivity index (χ3n) is 3.16. The summed E-state index contributed by atoms with van der Waals surface area (Å²) in [5, 5.41) is 3.37. The maximum Gasteiger partial charge on any atom is 0.123 e. The Morgan fingerprint density at radius 2 is 1.67 bits per heavy atom. The molecule has 0 bridgehead atoms. The van der Waals surface area contributed by atoms with E-state index in [1.807, 2.05) is 31.2 Å². The molecule has 0 fully saturated rings. The molecule has 0 aliphatic heterocycles. The molecule has 0 aromatic heterocycles. The molecule has 0 spiro atoms. The summed E-state index contributed by atoms with van der Waals surface area (Å²) in [4.78, 5) is 0. The van der Waals surface area contributed by atoms with Crippen LogP contribution in [0, 0.1) is 5.82 Å². The fourth-order valence-electron chi connectivity index (χ4n) is 1.98. The highest BCUT2D eigenvalue weighted by Crippen LogP contribution is 2.21. The third kappa shape index (κ3) is 4.76. The number of halogens is 1. The number of hydrogen-bond acceptors (Lipinski definition) is 3. The summed E-state index contributed by atoms with van der Waals surface area (Å²) >= 11 is 0. The van der Waals surface area contributed by atoms with E-state index in [0.29, 0.717) is 13.2 Å². The number of benzene rings is 2. The summed E-state index contributed by atoms with van der Waals surface area (Å²) in [6, 6.07) is 14.4. The Morgan fingerprint density at radius 3 is 2.29 bits per heavy atom. The molecule has 1 atom stereocenters. The fourth-order valence-corrected chi connectivity index (χ4v) is 1.98. The molecule has 1 N–H and O–H groups in total. The Kier molecular flexibility index (Phi) is 5.58. The van der Waals surface area contributed by atoms with Crippen molar-refractivity contribution < 1.29 is 13.9 Å². The lowest BCUT2D eigenvalue weighted by Crippen LogP contribution is -2.07. The van der Waals surface area contributed by atoms with Crippen molar-refractivity contribution in [2.75, 3.05) is 25.6 Å². The van der Waals surface area contributed by atoms with Gasteiger partial charge in [-0.3, -0.25) is 0 Å². The van der Waals surface area contributed by atoms with Crippen LogP contribution in [0.5, 0.6) is 5.75 Å². The Bertz CT molecular complexity index is 540.